The average Bonchev–Trinajstić information content (AvgIpc) is 3.06. The lowest BCUT2D eigenvalue weighted by Crippen LogP contribution is -2.33. The summed E-state index contributed by atoms with van der Waals surface area (Å²) >= 11 is 0. The van der Waals surface area contributed by atoms with E-state index in [9.17, 15) is 19.1 Å². The number of likely N-dealkylation sites (tertiary alicyclic amines) is 1. The molecule has 0 bridgehead atoms. The number of rotatable bonds is 5. The van der Waals surface area contributed by atoms with Crippen LogP contribution in [0.5, 0.6) is 5.75 Å². The van der Waals surface area contributed by atoms with Crippen LogP contribution < -0.4 is 10.9 Å². The lowest BCUT2D eigenvalue weighted by Gasteiger charge is -2.21. The Kier molecular flexibility index (Phi) is 5.76. The molecule has 2 unspecified atom stereocenters. The molecule has 0 saturated carbocycles. The Hall–Kier alpha value is -2.78. The summed E-state index contributed by atoms with van der Waals surface area (Å²) in [5, 5.41) is 12.8. The minimum atomic E-state index is -0.702. The van der Waals surface area contributed by atoms with Gasteiger partial charge in [-0.25, -0.2) is 9.37 Å². The van der Waals surface area contributed by atoms with Gasteiger partial charge in [-0.3, -0.25) is 19.1 Å². The lowest BCUT2D eigenvalue weighted by atomic mass is 10.1. The maximum absolute atomic E-state index is 13.0. The van der Waals surface area contributed by atoms with E-state index >= 15 is 0 Å². The van der Waals surface area contributed by atoms with E-state index in [4.69, 9.17) is 4.74 Å². The van der Waals surface area contributed by atoms with Gasteiger partial charge in [-0.2, -0.15) is 0 Å². The lowest BCUT2D eigenvalue weighted by molar-refractivity contribution is 0.0941. The van der Waals surface area contributed by atoms with Gasteiger partial charge in [0.2, 0.25) is 5.75 Å². The molecule has 8 nitrogen and oxygen atoms in total. The first-order valence-electron chi connectivity index (χ1n) is 8.87. The van der Waals surface area contributed by atoms with Crippen LogP contribution in [0.2, 0.25) is 0 Å². The summed E-state index contributed by atoms with van der Waals surface area (Å²) < 4.78 is 19.6. The standard InChI is InChI=1S/C19H23FN4O4/c1-23-10-13(28-3)8-14(23)17-22-15(16(25)19(27)24(17)2)18(26)21-9-11-4-6-12(20)7-5-11/h4-7,13-14,25H,8-10H2,1-3H3,(H,21,26). The van der Waals surface area contributed by atoms with E-state index in [1.54, 1.807) is 7.11 Å². The summed E-state index contributed by atoms with van der Waals surface area (Å²) in [5.74, 6) is -1.37. The van der Waals surface area contributed by atoms with Gasteiger partial charge in [-0.1, -0.05) is 12.1 Å². The number of ether oxygens (including phenoxy) is 1. The van der Waals surface area contributed by atoms with Crippen LogP contribution in [0.4, 0.5) is 4.39 Å². The highest BCUT2D eigenvalue weighted by Gasteiger charge is 2.34. The summed E-state index contributed by atoms with van der Waals surface area (Å²) in [7, 11) is 5.02. The number of carbonyl (C=O) groups is 1. The van der Waals surface area contributed by atoms with Crippen molar-refractivity contribution in [2.45, 2.75) is 25.1 Å². The Morgan fingerprint density at radius 2 is 2.04 bits per heavy atom. The molecule has 3 rings (SSSR count). The van der Waals surface area contributed by atoms with Crippen molar-refractivity contribution in [3.05, 3.63) is 57.5 Å². The van der Waals surface area contributed by atoms with Crippen molar-refractivity contribution in [3.63, 3.8) is 0 Å². The number of aromatic nitrogens is 2. The fourth-order valence-corrected chi connectivity index (χ4v) is 3.36. The molecule has 0 radical (unpaired) electrons. The number of aromatic hydroxyl groups is 1. The maximum Gasteiger partial charge on any atom is 0.296 e. The van der Waals surface area contributed by atoms with Crippen molar-refractivity contribution >= 4 is 5.91 Å². The number of nitrogens with zero attached hydrogens (tertiary/aromatic N) is 3. The van der Waals surface area contributed by atoms with E-state index in [1.165, 1.54) is 35.9 Å². The fourth-order valence-electron chi connectivity index (χ4n) is 3.36. The van der Waals surface area contributed by atoms with Crippen LogP contribution in [0.25, 0.3) is 0 Å². The topological polar surface area (TPSA) is 96.7 Å². The van der Waals surface area contributed by atoms with E-state index in [1.807, 2.05) is 11.9 Å². The Morgan fingerprint density at radius 1 is 1.36 bits per heavy atom. The van der Waals surface area contributed by atoms with Gasteiger partial charge in [-0.05, 0) is 31.2 Å². The molecular formula is C19H23FN4O4. The van der Waals surface area contributed by atoms with Gasteiger partial charge in [0.1, 0.15) is 11.6 Å². The number of benzene rings is 1. The highest BCUT2D eigenvalue weighted by Crippen LogP contribution is 2.30. The first-order chi connectivity index (χ1) is 13.3. The molecule has 1 amide bonds. The molecule has 2 aromatic rings. The Bertz CT molecular complexity index is 929. The van der Waals surface area contributed by atoms with Crippen LogP contribution in [-0.4, -0.2) is 52.3 Å². The number of likely N-dealkylation sites (N-methyl/N-ethyl adjacent to an activating group) is 1. The molecule has 2 atom stereocenters. The molecular weight excluding hydrogens is 367 g/mol. The zero-order valence-electron chi connectivity index (χ0n) is 16.0. The average molecular weight is 390 g/mol. The molecule has 1 aromatic heterocycles. The molecule has 1 saturated heterocycles. The number of carbonyl (C=O) groups excluding carboxylic acids is 1. The third-order valence-corrected chi connectivity index (χ3v) is 5.02. The van der Waals surface area contributed by atoms with E-state index in [2.05, 4.69) is 10.3 Å². The van der Waals surface area contributed by atoms with Gasteiger partial charge in [0, 0.05) is 27.2 Å². The van der Waals surface area contributed by atoms with E-state index in [0.29, 0.717) is 24.4 Å². The predicted molar refractivity (Wildman–Crippen MR) is 99.5 cm³/mol. The van der Waals surface area contributed by atoms with Gasteiger partial charge in [0.15, 0.2) is 5.69 Å². The number of hydrogen-bond acceptors (Lipinski definition) is 6. The number of nitrogens with one attached hydrogen (secondary N) is 1. The largest absolute Gasteiger partial charge is 0.501 e. The first kappa shape index (κ1) is 20.0. The molecule has 9 heteroatoms. The second kappa shape index (κ2) is 8.07. The summed E-state index contributed by atoms with van der Waals surface area (Å²) in [5.41, 5.74) is -0.336. The Labute approximate surface area is 161 Å². The molecule has 28 heavy (non-hydrogen) atoms. The molecule has 1 fully saturated rings. The second-order valence-corrected chi connectivity index (χ2v) is 6.89. The normalized spacial score (nSPS) is 19.7. The van der Waals surface area contributed by atoms with Crippen molar-refractivity contribution in [2.24, 2.45) is 7.05 Å². The molecule has 150 valence electrons. The van der Waals surface area contributed by atoms with Gasteiger partial charge in [-0.15, -0.1) is 0 Å². The summed E-state index contributed by atoms with van der Waals surface area (Å²) in [4.78, 5) is 31.3. The van der Waals surface area contributed by atoms with Gasteiger partial charge >= 0.3 is 0 Å². The van der Waals surface area contributed by atoms with Gasteiger partial charge in [0.25, 0.3) is 11.5 Å². The van der Waals surface area contributed by atoms with Crippen molar-refractivity contribution in [1.82, 2.24) is 19.8 Å². The Morgan fingerprint density at radius 3 is 2.64 bits per heavy atom. The third kappa shape index (κ3) is 3.90. The van der Waals surface area contributed by atoms with Crippen molar-refractivity contribution in [3.8, 4) is 5.75 Å². The van der Waals surface area contributed by atoms with E-state index in [0.717, 1.165) is 0 Å². The smallest absolute Gasteiger partial charge is 0.296 e. The highest BCUT2D eigenvalue weighted by atomic mass is 19.1. The summed E-state index contributed by atoms with van der Waals surface area (Å²) in [6, 6.07) is 5.44. The van der Waals surface area contributed by atoms with Crippen LogP contribution in [0, 0.1) is 5.82 Å². The van der Waals surface area contributed by atoms with Gasteiger partial charge < -0.3 is 15.2 Å². The van der Waals surface area contributed by atoms with Gasteiger partial charge in [0.05, 0.1) is 12.1 Å². The van der Waals surface area contributed by atoms with Crippen LogP contribution in [0.1, 0.15) is 34.3 Å². The third-order valence-electron chi connectivity index (χ3n) is 5.02. The van der Waals surface area contributed by atoms with Crippen LogP contribution in [0.3, 0.4) is 0 Å². The summed E-state index contributed by atoms with van der Waals surface area (Å²) in [6.07, 6.45) is 0.616. The number of methoxy groups -OCH3 is 1. The predicted octanol–water partition coefficient (Wildman–Crippen LogP) is 0.947. The monoisotopic (exact) mass is 390 g/mol. The molecule has 2 N–H and O–H groups in total. The molecule has 0 aliphatic carbocycles. The number of amides is 1. The van der Waals surface area contributed by atoms with Crippen molar-refractivity contribution in [2.75, 3.05) is 20.7 Å². The molecule has 0 spiro atoms. The van der Waals surface area contributed by atoms with E-state index in [-0.39, 0.29) is 30.2 Å². The number of hydrogen-bond donors (Lipinski definition) is 2. The zero-order valence-corrected chi connectivity index (χ0v) is 16.0. The van der Waals surface area contributed by atoms with E-state index < -0.39 is 17.2 Å². The molecule has 1 aliphatic rings. The quantitative estimate of drug-likeness (QED) is 0.789. The molecule has 2 heterocycles. The molecule has 1 aliphatic heterocycles. The SMILES string of the molecule is COC1CC(c2nc(C(=O)NCc3ccc(F)cc3)c(O)c(=O)n2C)N(C)C1. The van der Waals surface area contributed by atoms with Crippen molar-refractivity contribution < 1.29 is 19.0 Å². The van der Waals surface area contributed by atoms with Crippen LogP contribution in [0.15, 0.2) is 29.1 Å². The van der Waals surface area contributed by atoms with Crippen LogP contribution in [-0.2, 0) is 18.3 Å². The zero-order chi connectivity index (χ0) is 20.4. The highest BCUT2D eigenvalue weighted by molar-refractivity contribution is 5.94. The minimum Gasteiger partial charge on any atom is -0.501 e. The van der Waals surface area contributed by atoms with Crippen molar-refractivity contribution in [1.29, 1.82) is 0 Å². The maximum atomic E-state index is 13.0. The fraction of sp³-hybridized carbons (Fsp3) is 0.421. The first-order valence-corrected chi connectivity index (χ1v) is 8.87. The summed E-state index contributed by atoms with van der Waals surface area (Å²) in [6.45, 7) is 0.782. The number of halogens is 1. The van der Waals surface area contributed by atoms with Crippen LogP contribution >= 0.6 is 0 Å². The minimum absolute atomic E-state index is 0.00328. The molecule has 1 aromatic carbocycles. The second-order valence-electron chi connectivity index (χ2n) is 6.89. The Balaban J connectivity index is 1.86.